The lowest BCUT2D eigenvalue weighted by atomic mass is 10.0. The zero-order valence-electron chi connectivity index (χ0n) is 15.4. The van der Waals surface area contributed by atoms with E-state index in [2.05, 4.69) is 55.2 Å². The fraction of sp³-hybridized carbons (Fsp3) is 0.545. The van der Waals surface area contributed by atoms with E-state index in [1.54, 1.807) is 13.2 Å². The Hall–Kier alpha value is -1.30. The van der Waals surface area contributed by atoms with Crippen molar-refractivity contribution < 1.29 is 4.74 Å². The predicted octanol–water partition coefficient (Wildman–Crippen LogP) is 5.36. The van der Waals surface area contributed by atoms with Gasteiger partial charge in [0.25, 0.3) is 0 Å². The van der Waals surface area contributed by atoms with Gasteiger partial charge in [0.1, 0.15) is 0 Å². The van der Waals surface area contributed by atoms with Gasteiger partial charge in [0.2, 0.25) is 0 Å². The second-order valence-electron chi connectivity index (χ2n) is 7.12. The maximum absolute atomic E-state index is 5.12. The number of aryl methyl sites for hydroxylation is 1. The molecule has 1 fully saturated rings. The van der Waals surface area contributed by atoms with Crippen LogP contribution >= 0.6 is 0 Å². The Morgan fingerprint density at radius 3 is 2.58 bits per heavy atom. The maximum atomic E-state index is 5.12. The number of hydrogen-bond acceptors (Lipinski definition) is 1. The molecule has 1 heterocycles. The summed E-state index contributed by atoms with van der Waals surface area (Å²) in [6.07, 6.45) is 11.3. The van der Waals surface area contributed by atoms with Crippen LogP contribution in [0.4, 0.5) is 0 Å². The highest BCUT2D eigenvalue weighted by Crippen LogP contribution is 2.28. The summed E-state index contributed by atoms with van der Waals surface area (Å²) in [5.41, 5.74) is 2.39. The molecule has 0 N–H and O–H groups in total. The third-order valence-electron chi connectivity index (χ3n) is 5.07. The molecule has 1 aromatic rings. The molecule has 0 saturated carbocycles. The molecule has 0 atom stereocenters. The molecule has 2 heteroatoms. The van der Waals surface area contributed by atoms with Crippen molar-refractivity contribution in [1.29, 1.82) is 0 Å². The van der Waals surface area contributed by atoms with Crippen LogP contribution in [0.1, 0.15) is 43.2 Å². The second-order valence-corrected chi connectivity index (χ2v) is 10.6. The van der Waals surface area contributed by atoms with Gasteiger partial charge < -0.3 is 4.74 Å². The molecular weight excluding hydrogens is 308 g/mol. The second kappa shape index (κ2) is 11.3. The number of unbranched alkanes of at least 4 members (excludes halogenated alkanes) is 2. The van der Waals surface area contributed by atoms with E-state index in [0.717, 1.165) is 18.1 Å². The first-order valence-electron chi connectivity index (χ1n) is 9.51. The Morgan fingerprint density at radius 1 is 1.12 bits per heavy atom. The van der Waals surface area contributed by atoms with E-state index >= 15 is 0 Å². The molecular formula is C22H32OSi. The quantitative estimate of drug-likeness (QED) is 0.369. The number of benzene rings is 1. The van der Waals surface area contributed by atoms with E-state index in [9.17, 15) is 0 Å². The summed E-state index contributed by atoms with van der Waals surface area (Å²) in [5, 5.41) is 0. The highest BCUT2D eigenvalue weighted by atomic mass is 28.3. The fourth-order valence-corrected chi connectivity index (χ4v) is 7.00. The molecule has 1 aliphatic rings. The van der Waals surface area contributed by atoms with Crippen LogP contribution < -0.4 is 0 Å². The minimum Gasteiger partial charge on any atom is -0.385 e. The Morgan fingerprint density at radius 2 is 1.88 bits per heavy atom. The Labute approximate surface area is 150 Å². The molecule has 1 aromatic carbocycles. The molecule has 0 bridgehead atoms. The highest BCUT2D eigenvalue weighted by Gasteiger charge is 2.19. The molecule has 0 unspecified atom stereocenters. The van der Waals surface area contributed by atoms with Crippen LogP contribution in [-0.4, -0.2) is 22.5 Å². The van der Waals surface area contributed by atoms with E-state index < -0.39 is 8.80 Å². The molecule has 1 saturated heterocycles. The summed E-state index contributed by atoms with van der Waals surface area (Å²) >= 11 is 0. The summed E-state index contributed by atoms with van der Waals surface area (Å²) in [5.74, 6) is 7.20. The maximum Gasteiger partial charge on any atom is 0.0462 e. The zero-order chi connectivity index (χ0) is 17.0. The van der Waals surface area contributed by atoms with E-state index in [-0.39, 0.29) is 0 Å². The van der Waals surface area contributed by atoms with Gasteiger partial charge in [-0.05, 0) is 50.3 Å². The molecule has 0 amide bonds. The van der Waals surface area contributed by atoms with Crippen molar-refractivity contribution in [3.05, 3.63) is 47.5 Å². The molecule has 0 aromatic heterocycles. The molecule has 24 heavy (non-hydrogen) atoms. The first kappa shape index (κ1) is 19.0. The van der Waals surface area contributed by atoms with Crippen LogP contribution in [0.25, 0.3) is 0 Å². The van der Waals surface area contributed by atoms with Crippen molar-refractivity contribution in [1.82, 2.24) is 0 Å². The monoisotopic (exact) mass is 340 g/mol. The lowest BCUT2D eigenvalue weighted by Gasteiger charge is -2.25. The van der Waals surface area contributed by atoms with E-state index in [0.29, 0.717) is 0 Å². The number of methoxy groups -OCH3 is 1. The number of hydrogen-bond donors (Lipinski definition) is 0. The molecule has 130 valence electrons. The first-order valence-corrected chi connectivity index (χ1v) is 12.0. The summed E-state index contributed by atoms with van der Waals surface area (Å²) in [7, 11) is 1.38. The van der Waals surface area contributed by atoms with Crippen LogP contribution in [0.3, 0.4) is 0 Å². The highest BCUT2D eigenvalue weighted by molar-refractivity contribution is 6.58. The third kappa shape index (κ3) is 7.51. The Kier molecular flexibility index (Phi) is 8.95. The van der Waals surface area contributed by atoms with E-state index in [1.165, 1.54) is 49.8 Å². The minimum atomic E-state index is -0.422. The molecule has 1 nitrogen and oxygen atoms in total. The van der Waals surface area contributed by atoms with Gasteiger partial charge >= 0.3 is 0 Å². The van der Waals surface area contributed by atoms with Crippen LogP contribution in [0, 0.1) is 24.7 Å². The fourth-order valence-electron chi connectivity index (χ4n) is 3.47. The Bertz CT molecular complexity index is 542. The van der Waals surface area contributed by atoms with Gasteiger partial charge in [-0.2, -0.15) is 0 Å². The van der Waals surface area contributed by atoms with E-state index in [4.69, 9.17) is 4.74 Å². The molecule has 2 rings (SSSR count). The summed E-state index contributed by atoms with van der Waals surface area (Å²) in [4.78, 5) is 0. The largest absolute Gasteiger partial charge is 0.385 e. The van der Waals surface area contributed by atoms with Crippen LogP contribution in [0.15, 0.2) is 36.4 Å². The average molecular weight is 341 g/mol. The summed E-state index contributed by atoms with van der Waals surface area (Å²) in [6.45, 7) is 3.04. The van der Waals surface area contributed by atoms with Gasteiger partial charge in [0.05, 0.1) is 0 Å². The molecule has 1 aliphatic heterocycles. The van der Waals surface area contributed by atoms with Gasteiger partial charge in [-0.25, -0.2) is 0 Å². The van der Waals surface area contributed by atoms with Crippen molar-refractivity contribution >= 4 is 8.80 Å². The summed E-state index contributed by atoms with van der Waals surface area (Å²) < 4.78 is 5.12. The van der Waals surface area contributed by atoms with Crippen LogP contribution in [0.5, 0.6) is 0 Å². The third-order valence-corrected chi connectivity index (χ3v) is 8.60. The van der Waals surface area contributed by atoms with Gasteiger partial charge in [-0.1, -0.05) is 66.6 Å². The van der Waals surface area contributed by atoms with Crippen molar-refractivity contribution in [2.45, 2.75) is 57.2 Å². The standard InChI is InChI=1S/C22H32OSi/c1-20-10-12-21(13-11-20)8-4-5-9-22-14-18-24(19-15-22)17-7-3-6-16-23-2/h5,9-13,22,24H,3,6-7,14-19H2,1-2H3. The van der Waals surface area contributed by atoms with E-state index in [1.807, 2.05) is 0 Å². The number of rotatable bonds is 7. The smallest absolute Gasteiger partial charge is 0.0462 e. The normalized spacial score (nSPS) is 20.8. The zero-order valence-corrected chi connectivity index (χ0v) is 16.5. The first-order chi connectivity index (χ1) is 11.8. The Balaban J connectivity index is 1.63. The lowest BCUT2D eigenvalue weighted by Crippen LogP contribution is -2.20. The molecule has 0 aliphatic carbocycles. The van der Waals surface area contributed by atoms with Crippen molar-refractivity contribution in [2.75, 3.05) is 13.7 Å². The predicted molar refractivity (Wildman–Crippen MR) is 107 cm³/mol. The number of ether oxygens (including phenoxy) is 1. The van der Waals surface area contributed by atoms with Gasteiger partial charge in [0.15, 0.2) is 0 Å². The van der Waals surface area contributed by atoms with Crippen molar-refractivity contribution in [3.63, 3.8) is 0 Å². The molecule has 0 radical (unpaired) electrons. The average Bonchev–Trinajstić information content (AvgIpc) is 2.61. The SMILES string of the molecule is COCCCCC[SiH]1CCC(C=CC#Cc2ccc(C)cc2)CC1. The van der Waals surface area contributed by atoms with Gasteiger partial charge in [-0.15, -0.1) is 0 Å². The summed E-state index contributed by atoms with van der Waals surface area (Å²) in [6, 6.07) is 13.0. The topological polar surface area (TPSA) is 9.23 Å². The molecule has 0 spiro atoms. The lowest BCUT2D eigenvalue weighted by molar-refractivity contribution is 0.192. The van der Waals surface area contributed by atoms with Crippen LogP contribution in [-0.2, 0) is 4.74 Å². The van der Waals surface area contributed by atoms with Crippen molar-refractivity contribution in [3.8, 4) is 11.8 Å². The van der Waals surface area contributed by atoms with Gasteiger partial charge in [-0.3, -0.25) is 0 Å². The van der Waals surface area contributed by atoms with Crippen LogP contribution in [0.2, 0.25) is 18.1 Å². The van der Waals surface area contributed by atoms with Gasteiger partial charge in [0, 0.05) is 28.1 Å². The minimum absolute atomic E-state index is 0.422. The number of allylic oxidation sites excluding steroid dienone is 2. The van der Waals surface area contributed by atoms with Crippen molar-refractivity contribution in [2.24, 2.45) is 5.92 Å².